The maximum Gasteiger partial charge on any atom is 0.191 e. The van der Waals surface area contributed by atoms with Crippen molar-refractivity contribution in [2.75, 3.05) is 5.32 Å². The van der Waals surface area contributed by atoms with Crippen LogP contribution in [-0.4, -0.2) is 15.8 Å². The van der Waals surface area contributed by atoms with E-state index in [1.807, 2.05) is 25.3 Å². The van der Waals surface area contributed by atoms with Gasteiger partial charge in [-0.3, -0.25) is 5.43 Å². The van der Waals surface area contributed by atoms with E-state index in [1.165, 1.54) is 0 Å². The minimum absolute atomic E-state index is 0.347. The molecule has 0 fully saturated rings. The lowest BCUT2D eigenvalue weighted by atomic mass is 10.3. The van der Waals surface area contributed by atoms with Crippen LogP contribution in [0.4, 0.5) is 5.69 Å². The number of hydrogen-bond acceptors (Lipinski definition) is 2. The van der Waals surface area contributed by atoms with Gasteiger partial charge in [0.1, 0.15) is 0 Å². The maximum absolute atomic E-state index is 6.04. The molecule has 2 rings (SSSR count). The van der Waals surface area contributed by atoms with Crippen molar-refractivity contribution in [3.05, 3.63) is 52.3 Å². The van der Waals surface area contributed by atoms with E-state index >= 15 is 0 Å². The van der Waals surface area contributed by atoms with Gasteiger partial charge >= 0.3 is 0 Å². The van der Waals surface area contributed by atoms with Gasteiger partial charge in [-0.25, -0.2) is 0 Å². The van der Waals surface area contributed by atoms with Gasteiger partial charge in [0.2, 0.25) is 0 Å². The van der Waals surface area contributed by atoms with E-state index < -0.39 is 0 Å². The van der Waals surface area contributed by atoms with Gasteiger partial charge in [0.05, 0.1) is 22.1 Å². The molecule has 0 aliphatic carbocycles. The number of aromatic amines is 1. The van der Waals surface area contributed by atoms with Crippen molar-refractivity contribution in [1.82, 2.24) is 10.4 Å². The molecule has 7 heteroatoms. The number of H-pyrrole nitrogens is 1. The first-order valence-corrected chi connectivity index (χ1v) is 6.93. The molecule has 0 unspecified atom stereocenters. The lowest BCUT2D eigenvalue weighted by Gasteiger charge is -2.09. The Morgan fingerprint density at radius 3 is 2.75 bits per heavy atom. The van der Waals surface area contributed by atoms with Crippen LogP contribution in [0.2, 0.25) is 10.0 Å². The zero-order valence-electron chi connectivity index (χ0n) is 10.6. The van der Waals surface area contributed by atoms with Crippen LogP contribution in [0.5, 0.6) is 0 Å². The highest BCUT2D eigenvalue weighted by Crippen LogP contribution is 2.25. The van der Waals surface area contributed by atoms with Crippen molar-refractivity contribution < 1.29 is 0 Å². The van der Waals surface area contributed by atoms with Gasteiger partial charge in [0, 0.05) is 11.2 Å². The Hall–Kier alpha value is -1.56. The molecule has 0 amide bonds. The van der Waals surface area contributed by atoms with Crippen molar-refractivity contribution in [2.24, 2.45) is 5.10 Å². The van der Waals surface area contributed by atoms with E-state index in [4.69, 9.17) is 35.4 Å². The summed E-state index contributed by atoms with van der Waals surface area (Å²) in [5.74, 6) is 0. The smallest absolute Gasteiger partial charge is 0.191 e. The fourth-order valence-electron chi connectivity index (χ4n) is 1.49. The Balaban J connectivity index is 1.97. The Labute approximate surface area is 132 Å². The average molecular weight is 327 g/mol. The van der Waals surface area contributed by atoms with E-state index in [9.17, 15) is 0 Å². The molecule has 2 aromatic rings. The number of benzene rings is 1. The van der Waals surface area contributed by atoms with Gasteiger partial charge in [-0.15, -0.1) is 0 Å². The number of aromatic nitrogens is 1. The molecule has 3 N–H and O–H groups in total. The van der Waals surface area contributed by atoms with E-state index in [1.54, 1.807) is 18.2 Å². The first kappa shape index (κ1) is 14.8. The Morgan fingerprint density at radius 1 is 1.30 bits per heavy atom. The number of rotatable bonds is 3. The van der Waals surface area contributed by atoms with Crippen LogP contribution < -0.4 is 10.7 Å². The maximum atomic E-state index is 6.04. The number of nitrogens with zero attached hydrogens (tertiary/aromatic N) is 1. The minimum Gasteiger partial charge on any atom is -0.360 e. The standard InChI is InChI=1S/C13H12Cl2N4S/c1-8(11-3-2-6-16-11)18-19-13(20)17-12-5-4-9(14)7-10(12)15/h2-7,16H,1H3,(H2,17,19,20)/b18-8+. The van der Waals surface area contributed by atoms with Crippen LogP contribution in [0.3, 0.4) is 0 Å². The monoisotopic (exact) mass is 326 g/mol. The molecule has 0 aliphatic heterocycles. The summed E-state index contributed by atoms with van der Waals surface area (Å²) in [4.78, 5) is 3.06. The molecule has 1 heterocycles. The first-order valence-electron chi connectivity index (χ1n) is 5.76. The summed E-state index contributed by atoms with van der Waals surface area (Å²) in [7, 11) is 0. The van der Waals surface area contributed by atoms with Crippen LogP contribution in [-0.2, 0) is 0 Å². The molecule has 20 heavy (non-hydrogen) atoms. The van der Waals surface area contributed by atoms with E-state index in [2.05, 4.69) is 20.8 Å². The molecular weight excluding hydrogens is 315 g/mol. The largest absolute Gasteiger partial charge is 0.360 e. The summed E-state index contributed by atoms with van der Waals surface area (Å²) in [6, 6.07) is 8.94. The van der Waals surface area contributed by atoms with Crippen molar-refractivity contribution in [1.29, 1.82) is 0 Å². The third-order valence-electron chi connectivity index (χ3n) is 2.49. The van der Waals surface area contributed by atoms with Crippen molar-refractivity contribution in [3.8, 4) is 0 Å². The molecule has 0 spiro atoms. The summed E-state index contributed by atoms with van der Waals surface area (Å²) >= 11 is 17.0. The highest BCUT2D eigenvalue weighted by molar-refractivity contribution is 7.80. The van der Waals surface area contributed by atoms with E-state index in [0.29, 0.717) is 20.8 Å². The van der Waals surface area contributed by atoms with E-state index in [-0.39, 0.29) is 0 Å². The molecule has 4 nitrogen and oxygen atoms in total. The van der Waals surface area contributed by atoms with Crippen LogP contribution in [0.25, 0.3) is 0 Å². The van der Waals surface area contributed by atoms with Crippen LogP contribution in [0, 0.1) is 0 Å². The highest BCUT2D eigenvalue weighted by Gasteiger charge is 2.03. The average Bonchev–Trinajstić information content (AvgIpc) is 2.93. The van der Waals surface area contributed by atoms with Crippen LogP contribution in [0.1, 0.15) is 12.6 Å². The number of halogens is 2. The second kappa shape index (κ2) is 6.74. The van der Waals surface area contributed by atoms with Gasteiger partial charge in [0.25, 0.3) is 0 Å². The van der Waals surface area contributed by atoms with E-state index in [0.717, 1.165) is 11.4 Å². The summed E-state index contributed by atoms with van der Waals surface area (Å²) in [5.41, 5.74) is 5.14. The zero-order chi connectivity index (χ0) is 14.5. The Bertz CT molecular complexity index is 638. The van der Waals surface area contributed by atoms with Gasteiger partial charge in [-0.05, 0) is 49.5 Å². The number of anilines is 1. The fourth-order valence-corrected chi connectivity index (χ4v) is 2.10. The topological polar surface area (TPSA) is 52.2 Å². The van der Waals surface area contributed by atoms with Gasteiger partial charge in [-0.1, -0.05) is 23.2 Å². The number of hydrazone groups is 1. The molecule has 0 radical (unpaired) electrons. The Morgan fingerprint density at radius 2 is 2.10 bits per heavy atom. The summed E-state index contributed by atoms with van der Waals surface area (Å²) in [6.45, 7) is 1.87. The van der Waals surface area contributed by atoms with Crippen molar-refractivity contribution in [2.45, 2.75) is 6.92 Å². The summed E-state index contributed by atoms with van der Waals surface area (Å²) in [6.07, 6.45) is 1.83. The van der Waals surface area contributed by atoms with Crippen LogP contribution in [0.15, 0.2) is 41.6 Å². The number of nitrogens with one attached hydrogen (secondary N) is 3. The molecule has 0 saturated carbocycles. The molecule has 104 valence electrons. The second-order valence-corrected chi connectivity index (χ2v) is 5.22. The number of thiocarbonyl (C=S) groups is 1. The predicted molar refractivity (Wildman–Crippen MR) is 88.8 cm³/mol. The molecular formula is C13H12Cl2N4S. The lowest BCUT2D eigenvalue weighted by Crippen LogP contribution is -2.25. The van der Waals surface area contributed by atoms with Crippen molar-refractivity contribution in [3.63, 3.8) is 0 Å². The second-order valence-electron chi connectivity index (χ2n) is 3.97. The zero-order valence-corrected chi connectivity index (χ0v) is 12.9. The van der Waals surface area contributed by atoms with Gasteiger partial charge in [0.15, 0.2) is 5.11 Å². The number of hydrogen-bond donors (Lipinski definition) is 3. The van der Waals surface area contributed by atoms with Crippen molar-refractivity contribution >= 4 is 51.9 Å². The molecule has 0 atom stereocenters. The predicted octanol–water partition coefficient (Wildman–Crippen LogP) is 4.03. The molecule has 0 aliphatic rings. The first-order chi connectivity index (χ1) is 9.56. The minimum atomic E-state index is 0.347. The molecule has 0 saturated heterocycles. The van der Waals surface area contributed by atoms with Gasteiger partial charge in [-0.2, -0.15) is 5.10 Å². The lowest BCUT2D eigenvalue weighted by molar-refractivity contribution is 1.03. The third kappa shape index (κ3) is 3.96. The molecule has 1 aromatic heterocycles. The molecule has 0 bridgehead atoms. The Kier molecular flexibility index (Phi) is 5.00. The fraction of sp³-hybridized carbons (Fsp3) is 0.0769. The summed E-state index contributed by atoms with van der Waals surface area (Å²) in [5, 5.41) is 8.53. The third-order valence-corrected chi connectivity index (χ3v) is 3.23. The SMILES string of the molecule is C/C(=N\NC(=S)Nc1ccc(Cl)cc1Cl)c1ccc[nH]1. The van der Waals surface area contributed by atoms with Gasteiger partial charge < -0.3 is 10.3 Å². The van der Waals surface area contributed by atoms with Crippen LogP contribution >= 0.6 is 35.4 Å². The summed E-state index contributed by atoms with van der Waals surface area (Å²) < 4.78 is 0. The quantitative estimate of drug-likeness (QED) is 0.453. The highest BCUT2D eigenvalue weighted by atomic mass is 35.5. The molecule has 1 aromatic carbocycles. The normalized spacial score (nSPS) is 11.2.